The number of aryl methyl sites for hydroxylation is 1. The maximum absolute atomic E-state index is 14.7. The van der Waals surface area contributed by atoms with Gasteiger partial charge in [0.2, 0.25) is 0 Å². The topological polar surface area (TPSA) is 76.6 Å². The minimum Gasteiger partial charge on any atom is -0.387 e. The number of nitrogens with zero attached hydrogens (tertiary/aromatic N) is 1. The second-order valence-electron chi connectivity index (χ2n) is 10.2. The fraction of sp³-hybridized carbons (Fsp3) is 0.433. The zero-order valence-corrected chi connectivity index (χ0v) is 22.7. The van der Waals surface area contributed by atoms with E-state index in [-0.39, 0.29) is 24.3 Å². The van der Waals surface area contributed by atoms with Crippen molar-refractivity contribution in [3.63, 3.8) is 0 Å². The van der Waals surface area contributed by atoms with E-state index in [9.17, 15) is 23.1 Å². The normalized spacial score (nSPS) is 19.1. The second kappa shape index (κ2) is 12.3. The molecule has 3 aliphatic rings. The lowest BCUT2D eigenvalue weighted by Crippen LogP contribution is -2.67. The Bertz CT molecular complexity index is 1270. The zero-order valence-electron chi connectivity index (χ0n) is 22.7. The maximum Gasteiger partial charge on any atom is 0.256 e. The molecule has 0 saturated carbocycles. The Morgan fingerprint density at radius 3 is 2.67 bits per heavy atom. The van der Waals surface area contributed by atoms with Crippen molar-refractivity contribution in [2.24, 2.45) is 5.92 Å². The highest BCUT2D eigenvalue weighted by atomic mass is 19.2. The van der Waals surface area contributed by atoms with Crippen LogP contribution in [0.4, 0.5) is 24.5 Å². The average Bonchev–Trinajstić information content (AvgIpc) is 3.33. The number of halogens is 3. The number of amides is 1. The van der Waals surface area contributed by atoms with Crippen molar-refractivity contribution >= 4 is 17.3 Å². The first-order valence-corrected chi connectivity index (χ1v) is 13.6. The smallest absolute Gasteiger partial charge is 0.256 e. The number of nitrogens with one attached hydrogen (secondary N) is 3. The summed E-state index contributed by atoms with van der Waals surface area (Å²) in [7, 11) is 0. The molecule has 39 heavy (non-hydrogen) atoms. The number of carbonyl (C=O) groups excluding carboxylic acids is 1. The van der Waals surface area contributed by atoms with Gasteiger partial charge in [-0.25, -0.2) is 13.2 Å². The molecule has 1 unspecified atom stereocenters. The molecule has 9 heteroatoms. The molecule has 4 N–H and O–H groups in total. The van der Waals surface area contributed by atoms with Crippen LogP contribution in [0.5, 0.6) is 0 Å². The molecular formula is C30H37F3N4O2. The number of allylic oxidation sites excluding steroid dienone is 3. The minimum atomic E-state index is -1.27. The highest BCUT2D eigenvalue weighted by Crippen LogP contribution is 2.32. The quantitative estimate of drug-likeness (QED) is 0.346. The molecule has 6 nitrogen and oxygen atoms in total. The predicted octanol–water partition coefficient (Wildman–Crippen LogP) is 5.17. The van der Waals surface area contributed by atoms with Crippen molar-refractivity contribution in [3.05, 3.63) is 82.3 Å². The number of hydrogen-bond donors (Lipinski definition) is 4. The SMILES string of the molecule is CC.Cc1ccc(Nc2c(C(=O)N3CC(O)(CNCCC4CNC5=C4C=CCC5)C3)ccc(F)c2F)c(F)c1. The standard InChI is InChI=1S/C28H31F3N4O2.C2H6/c1-17-6-9-24(22(30)12-17)34-26-20(7-8-21(29)25(26)31)27(36)35-15-28(37,16-35)14-32-11-10-18-13-33-23-5-3-2-4-19(18)23;1-2/h2,4,6-9,12,18,32-34,37H,3,5,10-11,13-16H2,1H3;1-2H3. The molecule has 0 aromatic heterocycles. The van der Waals surface area contributed by atoms with Gasteiger partial charge in [0, 0.05) is 24.7 Å². The van der Waals surface area contributed by atoms with Gasteiger partial charge in [0.1, 0.15) is 11.4 Å². The van der Waals surface area contributed by atoms with Crippen molar-refractivity contribution < 1.29 is 23.1 Å². The third-order valence-corrected chi connectivity index (χ3v) is 7.30. The summed E-state index contributed by atoms with van der Waals surface area (Å²) in [5.74, 6) is -3.19. The fourth-order valence-electron chi connectivity index (χ4n) is 5.26. The van der Waals surface area contributed by atoms with Crippen LogP contribution >= 0.6 is 0 Å². The van der Waals surface area contributed by atoms with E-state index in [0.717, 1.165) is 38.4 Å². The number of likely N-dealkylation sites (tertiary alicyclic amines) is 1. The van der Waals surface area contributed by atoms with Crippen LogP contribution in [0.2, 0.25) is 0 Å². The summed E-state index contributed by atoms with van der Waals surface area (Å²) in [4.78, 5) is 14.5. The zero-order chi connectivity index (χ0) is 28.2. The highest BCUT2D eigenvalue weighted by molar-refractivity contribution is 6.01. The third kappa shape index (κ3) is 6.31. The van der Waals surface area contributed by atoms with E-state index in [0.29, 0.717) is 18.0 Å². The van der Waals surface area contributed by atoms with Gasteiger partial charge in [0.05, 0.1) is 30.0 Å². The van der Waals surface area contributed by atoms with Gasteiger partial charge in [-0.2, -0.15) is 0 Å². The minimum absolute atomic E-state index is 0.0547. The van der Waals surface area contributed by atoms with Crippen LogP contribution in [0.3, 0.4) is 0 Å². The Morgan fingerprint density at radius 1 is 1.15 bits per heavy atom. The lowest BCUT2D eigenvalue weighted by molar-refractivity contribution is -0.0784. The van der Waals surface area contributed by atoms with Gasteiger partial charge in [-0.1, -0.05) is 32.1 Å². The van der Waals surface area contributed by atoms with E-state index >= 15 is 0 Å². The second-order valence-corrected chi connectivity index (χ2v) is 10.2. The molecule has 1 aliphatic carbocycles. The van der Waals surface area contributed by atoms with Crippen LogP contribution in [0.15, 0.2) is 53.8 Å². The van der Waals surface area contributed by atoms with Gasteiger partial charge in [0.15, 0.2) is 11.6 Å². The molecule has 2 heterocycles. The highest BCUT2D eigenvalue weighted by Gasteiger charge is 2.44. The molecule has 5 rings (SSSR count). The Balaban J connectivity index is 0.00000172. The molecule has 1 amide bonds. The van der Waals surface area contributed by atoms with Crippen LogP contribution in [0.25, 0.3) is 0 Å². The van der Waals surface area contributed by atoms with Gasteiger partial charge in [0.25, 0.3) is 5.91 Å². The molecule has 1 fully saturated rings. The fourth-order valence-corrected chi connectivity index (χ4v) is 5.26. The van der Waals surface area contributed by atoms with E-state index in [4.69, 9.17) is 0 Å². The van der Waals surface area contributed by atoms with Crippen LogP contribution in [-0.2, 0) is 0 Å². The average molecular weight is 543 g/mol. The lowest BCUT2D eigenvalue weighted by atomic mass is 9.91. The summed E-state index contributed by atoms with van der Waals surface area (Å²) < 4.78 is 43.0. The van der Waals surface area contributed by atoms with Gasteiger partial charge in [-0.3, -0.25) is 4.79 Å². The summed E-state index contributed by atoms with van der Waals surface area (Å²) in [5, 5.41) is 20.2. The summed E-state index contributed by atoms with van der Waals surface area (Å²) in [6.45, 7) is 7.79. The third-order valence-electron chi connectivity index (χ3n) is 7.30. The van der Waals surface area contributed by atoms with Crippen molar-refractivity contribution in [1.82, 2.24) is 15.5 Å². The molecule has 1 atom stereocenters. The largest absolute Gasteiger partial charge is 0.387 e. The molecule has 0 bridgehead atoms. The first kappa shape index (κ1) is 28.7. The molecule has 2 aliphatic heterocycles. The molecular weight excluding hydrogens is 505 g/mol. The summed E-state index contributed by atoms with van der Waals surface area (Å²) in [6.07, 6.45) is 7.49. The van der Waals surface area contributed by atoms with E-state index < -0.39 is 34.6 Å². The Labute approximate surface area is 228 Å². The van der Waals surface area contributed by atoms with E-state index in [1.807, 2.05) is 13.8 Å². The van der Waals surface area contributed by atoms with Crippen LogP contribution in [-0.4, -0.2) is 54.2 Å². The van der Waals surface area contributed by atoms with Crippen LogP contribution < -0.4 is 16.0 Å². The monoisotopic (exact) mass is 542 g/mol. The van der Waals surface area contributed by atoms with Crippen molar-refractivity contribution in [3.8, 4) is 0 Å². The summed E-state index contributed by atoms with van der Waals surface area (Å²) >= 11 is 0. The number of carbonyl (C=O) groups is 1. The molecule has 0 radical (unpaired) electrons. The number of rotatable bonds is 8. The number of anilines is 2. The van der Waals surface area contributed by atoms with Crippen LogP contribution in [0.1, 0.15) is 49.0 Å². The predicted molar refractivity (Wildman–Crippen MR) is 147 cm³/mol. The summed E-state index contributed by atoms with van der Waals surface area (Å²) in [5.41, 5.74) is 1.65. The van der Waals surface area contributed by atoms with E-state index in [1.54, 1.807) is 13.0 Å². The molecule has 210 valence electrons. The lowest BCUT2D eigenvalue weighted by Gasteiger charge is -2.46. The number of β-amino-alcohol motifs (C(OH)–C–C–N with tert-alkyl or cyclic N) is 1. The first-order chi connectivity index (χ1) is 18.7. The molecule has 0 spiro atoms. The van der Waals surface area contributed by atoms with Crippen LogP contribution in [0, 0.1) is 30.3 Å². The molecule has 2 aromatic rings. The first-order valence-electron chi connectivity index (χ1n) is 13.6. The van der Waals surface area contributed by atoms with Crippen molar-refractivity contribution in [2.75, 3.05) is 38.0 Å². The molecule has 1 saturated heterocycles. The van der Waals surface area contributed by atoms with Gasteiger partial charge < -0.3 is 26.0 Å². The van der Waals surface area contributed by atoms with Crippen molar-refractivity contribution in [1.29, 1.82) is 0 Å². The molecule has 2 aromatic carbocycles. The Morgan fingerprint density at radius 2 is 1.92 bits per heavy atom. The van der Waals surface area contributed by atoms with E-state index in [1.165, 1.54) is 34.4 Å². The van der Waals surface area contributed by atoms with Gasteiger partial charge >= 0.3 is 0 Å². The Kier molecular flexibility index (Phi) is 9.02. The van der Waals surface area contributed by atoms with Gasteiger partial charge in [-0.15, -0.1) is 0 Å². The number of aliphatic hydroxyl groups is 1. The number of hydrogen-bond acceptors (Lipinski definition) is 5. The number of benzene rings is 2. The Hall–Kier alpha value is -3.30. The summed E-state index contributed by atoms with van der Waals surface area (Å²) in [6, 6.07) is 6.32. The maximum atomic E-state index is 14.7. The van der Waals surface area contributed by atoms with E-state index in [2.05, 4.69) is 28.1 Å². The van der Waals surface area contributed by atoms with Crippen molar-refractivity contribution in [2.45, 2.75) is 45.6 Å². The van der Waals surface area contributed by atoms with Gasteiger partial charge in [-0.05, 0) is 68.1 Å².